The fraction of sp³-hybridized carbons (Fsp3) is 0.400. The van der Waals surface area contributed by atoms with Gasteiger partial charge in [0.05, 0.1) is 12.6 Å². The number of aromatic nitrogens is 1. The van der Waals surface area contributed by atoms with Gasteiger partial charge in [0, 0.05) is 31.9 Å². The molecule has 1 aromatic heterocycles. The minimum absolute atomic E-state index is 0.0132. The zero-order chi connectivity index (χ0) is 14.4. The molecule has 0 saturated carbocycles. The van der Waals surface area contributed by atoms with Crippen LogP contribution in [0.5, 0.6) is 0 Å². The van der Waals surface area contributed by atoms with Crippen LogP contribution in [-0.2, 0) is 16.1 Å². The number of benzene rings is 1. The number of fused-ring (bicyclic) bond motifs is 1. The number of amides is 1. The smallest absolute Gasteiger partial charge is 0.236 e. The molecule has 0 radical (unpaired) electrons. The van der Waals surface area contributed by atoms with Gasteiger partial charge in [-0.25, -0.2) is 0 Å². The second-order valence-corrected chi connectivity index (χ2v) is 4.75. The Morgan fingerprint density at radius 3 is 3.05 bits per heavy atom. The average Bonchev–Trinajstić information content (AvgIpc) is 2.93. The molecular weight excluding hydrogens is 254 g/mol. The molecule has 5 heteroatoms. The molecule has 1 atom stereocenters. The van der Waals surface area contributed by atoms with E-state index >= 15 is 0 Å². The summed E-state index contributed by atoms with van der Waals surface area (Å²) < 4.78 is 4.90. The molecule has 0 aliphatic heterocycles. The van der Waals surface area contributed by atoms with Crippen molar-refractivity contribution in [1.29, 1.82) is 0 Å². The Kier molecular flexibility index (Phi) is 5.15. The van der Waals surface area contributed by atoms with E-state index in [-0.39, 0.29) is 11.9 Å². The van der Waals surface area contributed by atoms with Crippen molar-refractivity contribution in [2.24, 2.45) is 0 Å². The first-order chi connectivity index (χ1) is 9.72. The molecule has 0 fully saturated rings. The van der Waals surface area contributed by atoms with E-state index in [2.05, 4.69) is 27.8 Å². The van der Waals surface area contributed by atoms with Crippen LogP contribution in [0.4, 0.5) is 0 Å². The number of H-pyrrole nitrogens is 1. The molecule has 0 saturated heterocycles. The lowest BCUT2D eigenvalue weighted by molar-refractivity contribution is -0.122. The Morgan fingerprint density at radius 1 is 1.40 bits per heavy atom. The lowest BCUT2D eigenvalue weighted by Crippen LogP contribution is -2.42. The van der Waals surface area contributed by atoms with Crippen molar-refractivity contribution >= 4 is 16.8 Å². The maximum Gasteiger partial charge on any atom is 0.236 e. The minimum Gasteiger partial charge on any atom is -0.383 e. The van der Waals surface area contributed by atoms with Gasteiger partial charge in [-0.05, 0) is 23.9 Å². The Labute approximate surface area is 118 Å². The number of ether oxygens (including phenoxy) is 1. The Balaban J connectivity index is 1.88. The Bertz CT molecular complexity index is 565. The lowest BCUT2D eigenvalue weighted by Gasteiger charge is -2.14. The quantitative estimate of drug-likeness (QED) is 0.669. The zero-order valence-electron chi connectivity index (χ0n) is 11.9. The van der Waals surface area contributed by atoms with Crippen molar-refractivity contribution in [2.75, 3.05) is 20.3 Å². The van der Waals surface area contributed by atoms with Gasteiger partial charge in [0.25, 0.3) is 0 Å². The average molecular weight is 275 g/mol. The molecule has 1 unspecified atom stereocenters. The second kappa shape index (κ2) is 7.07. The summed E-state index contributed by atoms with van der Waals surface area (Å²) in [6.45, 7) is 3.57. The van der Waals surface area contributed by atoms with Crippen LogP contribution in [0.25, 0.3) is 10.9 Å². The number of carbonyl (C=O) groups is 1. The van der Waals surface area contributed by atoms with E-state index in [0.29, 0.717) is 19.7 Å². The van der Waals surface area contributed by atoms with E-state index in [0.717, 1.165) is 11.1 Å². The van der Waals surface area contributed by atoms with Crippen LogP contribution < -0.4 is 10.6 Å². The van der Waals surface area contributed by atoms with Crippen molar-refractivity contribution in [3.05, 3.63) is 36.0 Å². The molecule has 2 aromatic rings. The number of rotatable bonds is 7. The third-order valence-corrected chi connectivity index (χ3v) is 3.27. The highest BCUT2D eigenvalue weighted by Crippen LogP contribution is 2.16. The first-order valence-corrected chi connectivity index (χ1v) is 6.77. The number of methoxy groups -OCH3 is 1. The normalized spacial score (nSPS) is 12.5. The van der Waals surface area contributed by atoms with E-state index in [1.807, 2.05) is 25.3 Å². The highest BCUT2D eigenvalue weighted by molar-refractivity contribution is 5.83. The van der Waals surface area contributed by atoms with Gasteiger partial charge in [-0.15, -0.1) is 0 Å². The van der Waals surface area contributed by atoms with Gasteiger partial charge in [-0.1, -0.05) is 18.2 Å². The molecule has 5 nitrogen and oxygen atoms in total. The van der Waals surface area contributed by atoms with Gasteiger partial charge >= 0.3 is 0 Å². The van der Waals surface area contributed by atoms with Crippen LogP contribution in [-0.4, -0.2) is 37.2 Å². The largest absolute Gasteiger partial charge is 0.383 e. The third-order valence-electron chi connectivity index (χ3n) is 3.27. The molecule has 0 bridgehead atoms. The summed E-state index contributed by atoms with van der Waals surface area (Å²) in [5.41, 5.74) is 2.27. The molecule has 1 aromatic carbocycles. The summed E-state index contributed by atoms with van der Waals surface area (Å²) >= 11 is 0. The number of hydrogen-bond donors (Lipinski definition) is 3. The van der Waals surface area contributed by atoms with Crippen LogP contribution in [0.1, 0.15) is 12.5 Å². The van der Waals surface area contributed by atoms with E-state index in [1.54, 1.807) is 7.11 Å². The molecular formula is C15H21N3O2. The standard InChI is InChI=1S/C15H21N3O2/c1-11(15(19)17-8-9-20-2)18-10-13-5-3-4-12-6-7-16-14(12)13/h3-7,11,16,18H,8-10H2,1-2H3,(H,17,19). The molecule has 20 heavy (non-hydrogen) atoms. The predicted octanol–water partition coefficient (Wildman–Crippen LogP) is 1.41. The maximum atomic E-state index is 11.8. The van der Waals surface area contributed by atoms with Gasteiger partial charge in [0.2, 0.25) is 5.91 Å². The minimum atomic E-state index is -0.239. The van der Waals surface area contributed by atoms with Crippen molar-refractivity contribution in [3.8, 4) is 0 Å². The van der Waals surface area contributed by atoms with E-state index < -0.39 is 0 Å². The van der Waals surface area contributed by atoms with Crippen molar-refractivity contribution in [1.82, 2.24) is 15.6 Å². The summed E-state index contributed by atoms with van der Waals surface area (Å²) in [5.74, 6) is -0.0132. The van der Waals surface area contributed by atoms with Crippen molar-refractivity contribution in [2.45, 2.75) is 19.5 Å². The van der Waals surface area contributed by atoms with Crippen LogP contribution in [0.3, 0.4) is 0 Å². The van der Waals surface area contributed by atoms with Gasteiger partial charge in [-0.2, -0.15) is 0 Å². The number of hydrogen-bond acceptors (Lipinski definition) is 3. The van der Waals surface area contributed by atoms with E-state index in [9.17, 15) is 4.79 Å². The van der Waals surface area contributed by atoms with Crippen LogP contribution in [0.2, 0.25) is 0 Å². The second-order valence-electron chi connectivity index (χ2n) is 4.75. The summed E-state index contributed by atoms with van der Waals surface area (Å²) in [6, 6.07) is 7.95. The van der Waals surface area contributed by atoms with Gasteiger partial charge in [0.1, 0.15) is 0 Å². The molecule has 2 rings (SSSR count). The first kappa shape index (κ1) is 14.6. The zero-order valence-corrected chi connectivity index (χ0v) is 11.9. The fourth-order valence-corrected chi connectivity index (χ4v) is 2.08. The predicted molar refractivity (Wildman–Crippen MR) is 79.5 cm³/mol. The fourth-order valence-electron chi connectivity index (χ4n) is 2.08. The SMILES string of the molecule is COCCNC(=O)C(C)NCc1cccc2cc[nH]c12. The summed E-state index contributed by atoms with van der Waals surface area (Å²) in [7, 11) is 1.62. The first-order valence-electron chi connectivity index (χ1n) is 6.77. The number of aromatic amines is 1. The van der Waals surface area contributed by atoms with Gasteiger partial charge < -0.3 is 20.4 Å². The summed E-state index contributed by atoms with van der Waals surface area (Å²) in [6.07, 6.45) is 1.93. The van der Waals surface area contributed by atoms with Crippen LogP contribution in [0, 0.1) is 0 Å². The van der Waals surface area contributed by atoms with Gasteiger partial charge in [0.15, 0.2) is 0 Å². The highest BCUT2D eigenvalue weighted by Gasteiger charge is 2.12. The number of nitrogens with one attached hydrogen (secondary N) is 3. The number of carbonyl (C=O) groups excluding carboxylic acids is 1. The van der Waals surface area contributed by atoms with E-state index in [1.165, 1.54) is 5.39 Å². The monoisotopic (exact) mass is 275 g/mol. The van der Waals surface area contributed by atoms with Crippen LogP contribution in [0.15, 0.2) is 30.5 Å². The molecule has 3 N–H and O–H groups in total. The molecule has 1 heterocycles. The molecule has 0 spiro atoms. The Hall–Kier alpha value is -1.85. The van der Waals surface area contributed by atoms with Crippen LogP contribution >= 0.6 is 0 Å². The molecule has 0 aliphatic carbocycles. The van der Waals surface area contributed by atoms with E-state index in [4.69, 9.17) is 4.74 Å². The molecule has 1 amide bonds. The molecule has 108 valence electrons. The summed E-state index contributed by atoms with van der Waals surface area (Å²) in [5, 5.41) is 7.23. The third kappa shape index (κ3) is 3.59. The lowest BCUT2D eigenvalue weighted by atomic mass is 10.1. The summed E-state index contributed by atoms with van der Waals surface area (Å²) in [4.78, 5) is 15.0. The topological polar surface area (TPSA) is 66.2 Å². The highest BCUT2D eigenvalue weighted by atomic mass is 16.5. The Morgan fingerprint density at radius 2 is 2.25 bits per heavy atom. The number of para-hydroxylation sites is 1. The molecule has 0 aliphatic rings. The van der Waals surface area contributed by atoms with Gasteiger partial charge in [-0.3, -0.25) is 4.79 Å². The van der Waals surface area contributed by atoms with Crippen molar-refractivity contribution in [3.63, 3.8) is 0 Å². The maximum absolute atomic E-state index is 11.8. The van der Waals surface area contributed by atoms with Crippen molar-refractivity contribution < 1.29 is 9.53 Å².